The van der Waals surface area contributed by atoms with Gasteiger partial charge in [-0.1, -0.05) is 29.8 Å². The summed E-state index contributed by atoms with van der Waals surface area (Å²) in [4.78, 5) is 26.5. The summed E-state index contributed by atoms with van der Waals surface area (Å²) in [6, 6.07) is 13.4. The van der Waals surface area contributed by atoms with E-state index in [1.54, 1.807) is 23.1 Å². The van der Waals surface area contributed by atoms with Crippen molar-refractivity contribution in [3.63, 3.8) is 0 Å². The molecule has 0 spiro atoms. The maximum Gasteiger partial charge on any atom is 0.265 e. The summed E-state index contributed by atoms with van der Waals surface area (Å²) >= 11 is 0. The molecular weight excluding hydrogens is 344 g/mol. The van der Waals surface area contributed by atoms with Gasteiger partial charge in [-0.3, -0.25) is 9.59 Å². The van der Waals surface area contributed by atoms with E-state index in [-0.39, 0.29) is 18.4 Å². The van der Waals surface area contributed by atoms with Crippen LogP contribution in [-0.4, -0.2) is 31.1 Å². The lowest BCUT2D eigenvalue weighted by Gasteiger charge is -2.30. The monoisotopic (exact) mass is 366 g/mol. The van der Waals surface area contributed by atoms with E-state index in [1.807, 2.05) is 31.2 Å². The molecule has 1 N–H and O–H groups in total. The molecule has 2 aliphatic rings. The number of aryl methyl sites for hydroxylation is 1. The smallest absolute Gasteiger partial charge is 0.265 e. The molecule has 2 aromatic carbocycles. The number of carbonyl (C=O) groups excluding carboxylic acids is 2. The van der Waals surface area contributed by atoms with Gasteiger partial charge in [0.1, 0.15) is 11.9 Å². The number of hydrogen-bond donors (Lipinski definition) is 1. The Labute approximate surface area is 158 Å². The van der Waals surface area contributed by atoms with Gasteiger partial charge in [0.15, 0.2) is 6.61 Å². The van der Waals surface area contributed by atoms with Gasteiger partial charge in [0, 0.05) is 12.3 Å². The maximum absolute atomic E-state index is 12.5. The molecule has 6 heteroatoms. The van der Waals surface area contributed by atoms with Gasteiger partial charge >= 0.3 is 0 Å². The Hall–Kier alpha value is -2.86. The molecule has 0 saturated carbocycles. The third-order valence-corrected chi connectivity index (χ3v) is 4.85. The SMILES string of the molecule is Cc1ccc(CN2C(=O)COc3ccc(NC(=O)C4CCCO4)cc32)cc1. The quantitative estimate of drug-likeness (QED) is 0.903. The molecule has 2 heterocycles. The van der Waals surface area contributed by atoms with E-state index in [2.05, 4.69) is 5.32 Å². The van der Waals surface area contributed by atoms with E-state index in [9.17, 15) is 9.59 Å². The second-order valence-electron chi connectivity index (χ2n) is 6.93. The van der Waals surface area contributed by atoms with E-state index in [0.29, 0.717) is 30.3 Å². The maximum atomic E-state index is 12.5. The number of hydrogen-bond acceptors (Lipinski definition) is 4. The number of ether oxygens (including phenoxy) is 2. The first-order valence-corrected chi connectivity index (χ1v) is 9.15. The summed E-state index contributed by atoms with van der Waals surface area (Å²) in [7, 11) is 0. The van der Waals surface area contributed by atoms with Crippen molar-refractivity contribution in [3.8, 4) is 5.75 Å². The topological polar surface area (TPSA) is 67.9 Å². The van der Waals surface area contributed by atoms with E-state index < -0.39 is 6.10 Å². The number of amides is 2. The molecule has 2 aromatic rings. The zero-order valence-corrected chi connectivity index (χ0v) is 15.2. The second kappa shape index (κ2) is 7.40. The van der Waals surface area contributed by atoms with Crippen molar-refractivity contribution in [3.05, 3.63) is 53.6 Å². The van der Waals surface area contributed by atoms with Crippen LogP contribution in [0.1, 0.15) is 24.0 Å². The highest BCUT2D eigenvalue weighted by Crippen LogP contribution is 2.35. The zero-order valence-electron chi connectivity index (χ0n) is 15.2. The van der Waals surface area contributed by atoms with Gasteiger partial charge in [-0.25, -0.2) is 0 Å². The lowest BCUT2D eigenvalue weighted by Crippen LogP contribution is -2.38. The van der Waals surface area contributed by atoms with Gasteiger partial charge in [-0.15, -0.1) is 0 Å². The van der Waals surface area contributed by atoms with Crippen LogP contribution in [0.2, 0.25) is 0 Å². The van der Waals surface area contributed by atoms with Crippen molar-refractivity contribution in [1.82, 2.24) is 0 Å². The van der Waals surface area contributed by atoms with Gasteiger partial charge in [-0.2, -0.15) is 0 Å². The Morgan fingerprint density at radius 1 is 1.22 bits per heavy atom. The predicted octanol–water partition coefficient (Wildman–Crippen LogP) is 3.04. The lowest BCUT2D eigenvalue weighted by atomic mass is 10.1. The number of nitrogens with zero attached hydrogens (tertiary/aromatic N) is 1. The Balaban J connectivity index is 1.57. The van der Waals surface area contributed by atoms with Crippen molar-refractivity contribution in [2.24, 2.45) is 0 Å². The molecule has 6 nitrogen and oxygen atoms in total. The molecule has 0 aromatic heterocycles. The van der Waals surface area contributed by atoms with Gasteiger partial charge in [0.2, 0.25) is 0 Å². The fourth-order valence-corrected chi connectivity index (χ4v) is 3.34. The molecule has 2 aliphatic heterocycles. The molecule has 1 fully saturated rings. The van der Waals surface area contributed by atoms with Crippen LogP contribution < -0.4 is 15.0 Å². The third kappa shape index (κ3) is 3.80. The summed E-state index contributed by atoms with van der Waals surface area (Å²) in [6.07, 6.45) is 1.23. The van der Waals surface area contributed by atoms with Crippen LogP contribution in [-0.2, 0) is 20.9 Å². The third-order valence-electron chi connectivity index (χ3n) is 4.85. The van der Waals surface area contributed by atoms with Crippen LogP contribution in [0.4, 0.5) is 11.4 Å². The number of rotatable bonds is 4. The van der Waals surface area contributed by atoms with Gasteiger partial charge in [0.05, 0.1) is 12.2 Å². The molecule has 0 bridgehead atoms. The predicted molar refractivity (Wildman–Crippen MR) is 102 cm³/mol. The minimum absolute atomic E-state index is 0.0144. The highest BCUT2D eigenvalue weighted by atomic mass is 16.5. The molecule has 140 valence electrons. The van der Waals surface area contributed by atoms with Crippen LogP contribution in [0.25, 0.3) is 0 Å². The Kier molecular flexibility index (Phi) is 4.81. The summed E-state index contributed by atoms with van der Waals surface area (Å²) in [5.74, 6) is 0.378. The average molecular weight is 366 g/mol. The number of fused-ring (bicyclic) bond motifs is 1. The lowest BCUT2D eigenvalue weighted by molar-refractivity contribution is -0.124. The largest absolute Gasteiger partial charge is 0.482 e. The van der Waals surface area contributed by atoms with Crippen molar-refractivity contribution < 1.29 is 19.1 Å². The van der Waals surface area contributed by atoms with E-state index in [0.717, 1.165) is 18.4 Å². The first kappa shape index (κ1) is 17.5. The molecule has 1 unspecified atom stereocenters. The molecular formula is C21H22N2O4. The van der Waals surface area contributed by atoms with Gasteiger partial charge in [-0.05, 0) is 43.5 Å². The molecule has 2 amide bonds. The van der Waals surface area contributed by atoms with Crippen molar-refractivity contribution in [1.29, 1.82) is 0 Å². The van der Waals surface area contributed by atoms with Gasteiger partial charge < -0.3 is 19.7 Å². The fourth-order valence-electron chi connectivity index (χ4n) is 3.34. The summed E-state index contributed by atoms with van der Waals surface area (Å²) < 4.78 is 11.0. The average Bonchev–Trinajstić information content (AvgIpc) is 3.21. The molecule has 1 saturated heterocycles. The minimum atomic E-state index is -0.400. The van der Waals surface area contributed by atoms with Crippen molar-refractivity contribution in [2.45, 2.75) is 32.4 Å². The van der Waals surface area contributed by atoms with Crippen LogP contribution in [0, 0.1) is 6.92 Å². The van der Waals surface area contributed by atoms with Crippen LogP contribution in [0.5, 0.6) is 5.75 Å². The molecule has 0 aliphatic carbocycles. The number of carbonyl (C=O) groups is 2. The second-order valence-corrected chi connectivity index (χ2v) is 6.93. The van der Waals surface area contributed by atoms with E-state index in [1.165, 1.54) is 5.56 Å². The number of nitrogens with one attached hydrogen (secondary N) is 1. The van der Waals surface area contributed by atoms with Crippen molar-refractivity contribution in [2.75, 3.05) is 23.4 Å². The summed E-state index contributed by atoms with van der Waals surface area (Å²) in [5, 5.41) is 2.88. The Bertz CT molecular complexity index is 857. The summed E-state index contributed by atoms with van der Waals surface area (Å²) in [5.41, 5.74) is 3.50. The van der Waals surface area contributed by atoms with Crippen LogP contribution in [0.3, 0.4) is 0 Å². The highest BCUT2D eigenvalue weighted by molar-refractivity contribution is 6.00. The molecule has 4 rings (SSSR count). The van der Waals surface area contributed by atoms with Crippen LogP contribution in [0.15, 0.2) is 42.5 Å². The molecule has 1 atom stereocenters. The first-order valence-electron chi connectivity index (χ1n) is 9.15. The van der Waals surface area contributed by atoms with Crippen LogP contribution >= 0.6 is 0 Å². The summed E-state index contributed by atoms with van der Waals surface area (Å²) in [6.45, 7) is 3.12. The minimum Gasteiger partial charge on any atom is -0.482 e. The zero-order chi connectivity index (χ0) is 18.8. The Morgan fingerprint density at radius 2 is 2.04 bits per heavy atom. The fraction of sp³-hybridized carbons (Fsp3) is 0.333. The Morgan fingerprint density at radius 3 is 2.78 bits per heavy atom. The van der Waals surface area contributed by atoms with E-state index >= 15 is 0 Å². The van der Waals surface area contributed by atoms with Gasteiger partial charge in [0.25, 0.3) is 11.8 Å². The standard InChI is InChI=1S/C21H22N2O4/c1-14-4-6-15(7-5-14)12-23-17-11-16(8-9-18(17)27-13-20(23)24)22-21(25)19-3-2-10-26-19/h4-9,11,19H,2-3,10,12-13H2,1H3,(H,22,25). The molecule has 27 heavy (non-hydrogen) atoms. The molecule has 0 radical (unpaired) electrons. The number of anilines is 2. The van der Waals surface area contributed by atoms with E-state index in [4.69, 9.17) is 9.47 Å². The van der Waals surface area contributed by atoms with Crippen molar-refractivity contribution >= 4 is 23.2 Å². The highest BCUT2D eigenvalue weighted by Gasteiger charge is 2.27. The first-order chi connectivity index (χ1) is 13.1. The number of benzene rings is 2. The normalized spacial score (nSPS) is 18.8.